The molecule has 0 unspecified atom stereocenters. The number of carbonyl (C=O) groups is 1. The summed E-state index contributed by atoms with van der Waals surface area (Å²) in [6.07, 6.45) is 3.10. The van der Waals surface area contributed by atoms with Gasteiger partial charge in [-0.25, -0.2) is 14.4 Å². The highest BCUT2D eigenvalue weighted by Crippen LogP contribution is 2.21. The predicted molar refractivity (Wildman–Crippen MR) is 100 cm³/mol. The first kappa shape index (κ1) is 18.1. The highest BCUT2D eigenvalue weighted by molar-refractivity contribution is 5.94. The summed E-state index contributed by atoms with van der Waals surface area (Å²) in [6, 6.07) is 6.81. The van der Waals surface area contributed by atoms with Crippen molar-refractivity contribution >= 4 is 17.5 Å². The first-order valence-corrected chi connectivity index (χ1v) is 8.72. The molecule has 1 saturated heterocycles. The molecule has 2 aromatic rings. The molecule has 3 rings (SSSR count). The molecule has 2 heterocycles. The molecule has 0 aliphatic carbocycles. The summed E-state index contributed by atoms with van der Waals surface area (Å²) in [7, 11) is 0. The maximum Gasteiger partial charge on any atom is 0.254 e. The van der Waals surface area contributed by atoms with Crippen LogP contribution in [0.15, 0.2) is 36.7 Å². The van der Waals surface area contributed by atoms with Crippen LogP contribution in [0.5, 0.6) is 0 Å². The number of para-hydroxylation sites is 1. The molecule has 138 valence electrons. The third kappa shape index (κ3) is 4.28. The van der Waals surface area contributed by atoms with Crippen molar-refractivity contribution in [2.24, 2.45) is 0 Å². The number of nitrogens with zero attached hydrogens (tertiary/aromatic N) is 4. The molecule has 0 atom stereocenters. The molecule has 1 fully saturated rings. The van der Waals surface area contributed by atoms with E-state index in [-0.39, 0.29) is 17.3 Å². The second kappa shape index (κ2) is 7.27. The monoisotopic (exact) mass is 357 g/mol. The van der Waals surface area contributed by atoms with Gasteiger partial charge < -0.3 is 15.1 Å². The number of nitrogens with one attached hydrogen (secondary N) is 1. The molecule has 1 aromatic carbocycles. The standard InChI is InChI=1S/C19H24FN5O/c1-19(2,3)23-17(26)14-12-21-18(22-13-14)25-10-8-24(9-11-25)16-7-5-4-6-15(16)20/h4-7,12-13H,8-11H2,1-3H3,(H,23,26). The minimum absolute atomic E-state index is 0.187. The number of piperazine rings is 1. The molecule has 7 heteroatoms. The van der Waals surface area contributed by atoms with Gasteiger partial charge in [-0.3, -0.25) is 4.79 Å². The summed E-state index contributed by atoms with van der Waals surface area (Å²) in [5, 5.41) is 2.89. The number of carbonyl (C=O) groups excluding carboxylic acids is 1. The van der Waals surface area contributed by atoms with Gasteiger partial charge in [-0.15, -0.1) is 0 Å². The molecule has 1 amide bonds. The van der Waals surface area contributed by atoms with E-state index in [1.54, 1.807) is 24.5 Å². The van der Waals surface area contributed by atoms with Crippen LogP contribution >= 0.6 is 0 Å². The number of benzene rings is 1. The number of aromatic nitrogens is 2. The number of anilines is 2. The van der Waals surface area contributed by atoms with E-state index in [1.807, 2.05) is 36.6 Å². The Morgan fingerprint density at radius 3 is 2.19 bits per heavy atom. The number of amides is 1. The summed E-state index contributed by atoms with van der Waals surface area (Å²) < 4.78 is 13.9. The second-order valence-electron chi connectivity index (χ2n) is 7.40. The van der Waals surface area contributed by atoms with E-state index in [2.05, 4.69) is 15.3 Å². The Balaban J connectivity index is 1.61. The molecule has 1 aromatic heterocycles. The van der Waals surface area contributed by atoms with Crippen LogP contribution in [0.4, 0.5) is 16.0 Å². The fourth-order valence-corrected chi connectivity index (χ4v) is 2.87. The zero-order valence-corrected chi connectivity index (χ0v) is 15.4. The molecule has 1 aliphatic rings. The van der Waals surface area contributed by atoms with Gasteiger partial charge in [0.15, 0.2) is 0 Å². The zero-order valence-electron chi connectivity index (χ0n) is 15.4. The van der Waals surface area contributed by atoms with Crippen LogP contribution in [0.3, 0.4) is 0 Å². The number of hydrogen-bond acceptors (Lipinski definition) is 5. The van der Waals surface area contributed by atoms with E-state index in [0.717, 1.165) is 0 Å². The minimum Gasteiger partial charge on any atom is -0.366 e. The molecule has 0 saturated carbocycles. The van der Waals surface area contributed by atoms with E-state index >= 15 is 0 Å². The van der Waals surface area contributed by atoms with E-state index < -0.39 is 0 Å². The molecule has 26 heavy (non-hydrogen) atoms. The van der Waals surface area contributed by atoms with Crippen LogP contribution in [0.2, 0.25) is 0 Å². The largest absolute Gasteiger partial charge is 0.366 e. The van der Waals surface area contributed by atoms with Crippen molar-refractivity contribution in [3.8, 4) is 0 Å². The number of hydrogen-bond donors (Lipinski definition) is 1. The molecular weight excluding hydrogens is 333 g/mol. The normalized spacial score (nSPS) is 15.1. The van der Waals surface area contributed by atoms with E-state index in [9.17, 15) is 9.18 Å². The molecule has 0 bridgehead atoms. The Labute approximate surface area is 153 Å². The van der Waals surface area contributed by atoms with E-state index in [1.165, 1.54) is 6.07 Å². The summed E-state index contributed by atoms with van der Waals surface area (Å²) in [4.78, 5) is 24.9. The minimum atomic E-state index is -0.307. The quantitative estimate of drug-likeness (QED) is 0.914. The summed E-state index contributed by atoms with van der Waals surface area (Å²) in [5.41, 5.74) is 0.759. The SMILES string of the molecule is CC(C)(C)NC(=O)c1cnc(N2CCN(c3ccccc3F)CC2)nc1. The molecule has 6 nitrogen and oxygen atoms in total. The van der Waals surface area contributed by atoms with Gasteiger partial charge >= 0.3 is 0 Å². The van der Waals surface area contributed by atoms with Crippen molar-refractivity contribution in [2.45, 2.75) is 26.3 Å². The van der Waals surface area contributed by atoms with Gasteiger partial charge in [0.05, 0.1) is 11.3 Å². The van der Waals surface area contributed by atoms with E-state index in [4.69, 9.17) is 0 Å². The van der Waals surface area contributed by atoms with Gasteiger partial charge in [0.2, 0.25) is 5.95 Å². The lowest BCUT2D eigenvalue weighted by molar-refractivity contribution is 0.0919. The predicted octanol–water partition coefficient (Wildman–Crippen LogP) is 2.47. The first-order valence-electron chi connectivity index (χ1n) is 8.72. The average Bonchev–Trinajstić information content (AvgIpc) is 2.61. The highest BCUT2D eigenvalue weighted by atomic mass is 19.1. The first-order chi connectivity index (χ1) is 12.3. The van der Waals surface area contributed by atoms with Crippen LogP contribution in [-0.2, 0) is 0 Å². The van der Waals surface area contributed by atoms with Gasteiger partial charge in [0.1, 0.15) is 5.82 Å². The van der Waals surface area contributed by atoms with Crippen molar-refractivity contribution in [2.75, 3.05) is 36.0 Å². The Morgan fingerprint density at radius 2 is 1.62 bits per heavy atom. The van der Waals surface area contributed by atoms with Gasteiger partial charge in [0, 0.05) is 44.1 Å². The van der Waals surface area contributed by atoms with Crippen LogP contribution in [0, 0.1) is 5.82 Å². The Hall–Kier alpha value is -2.70. The van der Waals surface area contributed by atoms with Crippen molar-refractivity contribution in [1.82, 2.24) is 15.3 Å². The maximum absolute atomic E-state index is 13.9. The Morgan fingerprint density at radius 1 is 1.04 bits per heavy atom. The van der Waals surface area contributed by atoms with Gasteiger partial charge in [-0.05, 0) is 32.9 Å². The summed E-state index contributed by atoms with van der Waals surface area (Å²) in [5.74, 6) is 0.199. The topological polar surface area (TPSA) is 61.4 Å². The fraction of sp³-hybridized carbons (Fsp3) is 0.421. The second-order valence-corrected chi connectivity index (χ2v) is 7.40. The fourth-order valence-electron chi connectivity index (χ4n) is 2.87. The van der Waals surface area contributed by atoms with Crippen molar-refractivity contribution in [3.05, 3.63) is 48.0 Å². The van der Waals surface area contributed by atoms with Crippen LogP contribution in [-0.4, -0.2) is 47.6 Å². The summed E-state index contributed by atoms with van der Waals surface area (Å²) in [6.45, 7) is 8.55. The van der Waals surface area contributed by atoms with Gasteiger partial charge in [-0.1, -0.05) is 12.1 Å². The third-order valence-electron chi connectivity index (χ3n) is 4.14. The van der Waals surface area contributed by atoms with Crippen molar-refractivity contribution in [3.63, 3.8) is 0 Å². The lowest BCUT2D eigenvalue weighted by atomic mass is 10.1. The van der Waals surface area contributed by atoms with Crippen LogP contribution in [0.1, 0.15) is 31.1 Å². The van der Waals surface area contributed by atoms with Gasteiger partial charge in [0.25, 0.3) is 5.91 Å². The number of rotatable bonds is 3. The summed E-state index contributed by atoms with van der Waals surface area (Å²) >= 11 is 0. The zero-order chi connectivity index (χ0) is 18.7. The molecule has 0 spiro atoms. The maximum atomic E-state index is 13.9. The lowest BCUT2D eigenvalue weighted by Crippen LogP contribution is -2.47. The van der Waals surface area contributed by atoms with Crippen LogP contribution in [0.25, 0.3) is 0 Å². The Kier molecular flexibility index (Phi) is 5.06. The Bertz CT molecular complexity index is 764. The molecule has 0 radical (unpaired) electrons. The van der Waals surface area contributed by atoms with E-state index in [0.29, 0.717) is 43.4 Å². The van der Waals surface area contributed by atoms with Gasteiger partial charge in [-0.2, -0.15) is 0 Å². The highest BCUT2D eigenvalue weighted by Gasteiger charge is 2.21. The smallest absolute Gasteiger partial charge is 0.254 e. The number of halogens is 1. The lowest BCUT2D eigenvalue weighted by Gasteiger charge is -2.36. The average molecular weight is 357 g/mol. The van der Waals surface area contributed by atoms with Crippen molar-refractivity contribution < 1.29 is 9.18 Å². The van der Waals surface area contributed by atoms with Crippen molar-refractivity contribution in [1.29, 1.82) is 0 Å². The molecule has 1 N–H and O–H groups in total. The third-order valence-corrected chi connectivity index (χ3v) is 4.14. The van der Waals surface area contributed by atoms with Crippen LogP contribution < -0.4 is 15.1 Å². The molecular formula is C19H24FN5O. The molecule has 1 aliphatic heterocycles.